The second-order valence-electron chi connectivity index (χ2n) is 10.7. The zero-order valence-corrected chi connectivity index (χ0v) is 23.6. The first-order valence-electron chi connectivity index (χ1n) is 13.3. The lowest BCUT2D eigenvalue weighted by atomic mass is 10.1. The molecule has 1 aliphatic rings. The summed E-state index contributed by atoms with van der Waals surface area (Å²) in [6.07, 6.45) is 0.709. The minimum absolute atomic E-state index is 0.0866. The van der Waals surface area contributed by atoms with Gasteiger partial charge in [-0.15, -0.1) is 0 Å². The van der Waals surface area contributed by atoms with Crippen LogP contribution in [0.4, 0.5) is 4.79 Å². The van der Waals surface area contributed by atoms with Crippen molar-refractivity contribution in [1.29, 1.82) is 0 Å². The number of aromatic nitrogens is 1. The third kappa shape index (κ3) is 6.93. The fraction of sp³-hybridized carbons (Fsp3) is 0.323. The van der Waals surface area contributed by atoms with Gasteiger partial charge >= 0.3 is 6.09 Å². The molecule has 8 nitrogen and oxygen atoms in total. The Labute approximate surface area is 238 Å². The SMILES string of the molecule is CC(C)(C)OC(=O)N1CCN(C(=O)CCc2ccc(-c3nc4ccc(Oc5ccc(Cl)cc5)cc4o3)cc2)CC1. The number of aryl methyl sites for hydroxylation is 1. The molecule has 0 saturated carbocycles. The number of benzene rings is 3. The topological polar surface area (TPSA) is 85.1 Å². The largest absolute Gasteiger partial charge is 0.457 e. The first kappa shape index (κ1) is 27.5. The quantitative estimate of drug-likeness (QED) is 0.253. The molecule has 1 aromatic heterocycles. The number of carbonyl (C=O) groups excluding carboxylic acids is 2. The van der Waals surface area contributed by atoms with E-state index in [1.54, 1.807) is 29.2 Å². The number of hydrogen-bond acceptors (Lipinski definition) is 6. The average Bonchev–Trinajstić information content (AvgIpc) is 3.36. The number of oxazole rings is 1. The number of amides is 2. The van der Waals surface area contributed by atoms with E-state index in [4.69, 9.17) is 25.5 Å². The normalized spacial score (nSPS) is 13.9. The molecule has 0 radical (unpaired) electrons. The number of piperazine rings is 1. The van der Waals surface area contributed by atoms with Crippen molar-refractivity contribution in [3.63, 3.8) is 0 Å². The average molecular weight is 562 g/mol. The summed E-state index contributed by atoms with van der Waals surface area (Å²) >= 11 is 5.94. The lowest BCUT2D eigenvalue weighted by Gasteiger charge is -2.35. The summed E-state index contributed by atoms with van der Waals surface area (Å²) in [4.78, 5) is 33.1. The van der Waals surface area contributed by atoms with Crippen LogP contribution in [0.2, 0.25) is 5.02 Å². The maximum atomic E-state index is 12.8. The summed E-state index contributed by atoms with van der Waals surface area (Å²) in [5.41, 5.74) is 2.74. The maximum Gasteiger partial charge on any atom is 0.410 e. The number of ether oxygens (including phenoxy) is 2. The van der Waals surface area contributed by atoms with Gasteiger partial charge in [0.1, 0.15) is 22.6 Å². The van der Waals surface area contributed by atoms with Crippen LogP contribution in [0.1, 0.15) is 32.8 Å². The number of fused-ring (bicyclic) bond motifs is 1. The molecule has 0 N–H and O–H groups in total. The van der Waals surface area contributed by atoms with E-state index in [-0.39, 0.29) is 12.0 Å². The molecule has 0 unspecified atom stereocenters. The van der Waals surface area contributed by atoms with Crippen molar-refractivity contribution in [3.8, 4) is 23.0 Å². The highest BCUT2D eigenvalue weighted by molar-refractivity contribution is 6.30. The van der Waals surface area contributed by atoms with Gasteiger partial charge in [0.25, 0.3) is 0 Å². The predicted octanol–water partition coefficient (Wildman–Crippen LogP) is 6.95. The van der Waals surface area contributed by atoms with Crippen LogP contribution in [0.3, 0.4) is 0 Å². The highest BCUT2D eigenvalue weighted by Crippen LogP contribution is 2.30. The second kappa shape index (κ2) is 11.6. The van der Waals surface area contributed by atoms with E-state index in [1.807, 2.05) is 68.1 Å². The van der Waals surface area contributed by atoms with E-state index in [9.17, 15) is 9.59 Å². The van der Waals surface area contributed by atoms with E-state index in [0.717, 1.165) is 16.6 Å². The minimum Gasteiger partial charge on any atom is -0.457 e. The van der Waals surface area contributed by atoms with E-state index in [1.165, 1.54) is 0 Å². The van der Waals surface area contributed by atoms with E-state index < -0.39 is 5.60 Å². The molecule has 0 aliphatic carbocycles. The third-order valence-electron chi connectivity index (χ3n) is 6.52. The van der Waals surface area contributed by atoms with Gasteiger partial charge in [0.05, 0.1) is 0 Å². The monoisotopic (exact) mass is 561 g/mol. The van der Waals surface area contributed by atoms with Crippen LogP contribution >= 0.6 is 11.6 Å². The van der Waals surface area contributed by atoms with Gasteiger partial charge in [-0.1, -0.05) is 23.7 Å². The summed E-state index contributed by atoms with van der Waals surface area (Å²) in [5.74, 6) is 1.93. The second-order valence-corrected chi connectivity index (χ2v) is 11.2. The van der Waals surface area contributed by atoms with Crippen LogP contribution in [0.15, 0.2) is 71.1 Å². The molecule has 2 heterocycles. The van der Waals surface area contributed by atoms with Gasteiger partial charge in [-0.25, -0.2) is 9.78 Å². The lowest BCUT2D eigenvalue weighted by Crippen LogP contribution is -2.51. The number of halogens is 1. The number of carbonyl (C=O) groups is 2. The molecular formula is C31H32ClN3O5. The zero-order chi connectivity index (χ0) is 28.3. The lowest BCUT2D eigenvalue weighted by molar-refractivity contribution is -0.132. The van der Waals surface area contributed by atoms with Crippen molar-refractivity contribution >= 4 is 34.7 Å². The van der Waals surface area contributed by atoms with Gasteiger partial charge < -0.3 is 23.7 Å². The highest BCUT2D eigenvalue weighted by Gasteiger charge is 2.27. The van der Waals surface area contributed by atoms with Crippen molar-refractivity contribution in [3.05, 3.63) is 77.3 Å². The standard InChI is InChI=1S/C31H32ClN3O5/c1-31(2,3)40-30(37)35-18-16-34(17-19-35)28(36)15-6-21-4-7-22(8-5-21)29-33-26-14-13-25(20-27(26)39-29)38-24-11-9-23(32)10-12-24/h4-5,7-14,20H,6,15-19H2,1-3H3. The summed E-state index contributed by atoms with van der Waals surface area (Å²) in [6, 6.07) is 20.6. The van der Waals surface area contributed by atoms with Crippen LogP contribution in [0, 0.1) is 0 Å². The van der Waals surface area contributed by atoms with Gasteiger partial charge in [0.2, 0.25) is 11.8 Å². The van der Waals surface area contributed by atoms with E-state index in [0.29, 0.717) is 67.0 Å². The summed E-state index contributed by atoms with van der Waals surface area (Å²) in [6.45, 7) is 7.53. The van der Waals surface area contributed by atoms with Gasteiger partial charge in [-0.05, 0) is 81.3 Å². The fourth-order valence-electron chi connectivity index (χ4n) is 4.42. The van der Waals surface area contributed by atoms with Crippen LogP contribution in [-0.2, 0) is 16.0 Å². The van der Waals surface area contributed by atoms with Gasteiger partial charge in [0, 0.05) is 49.3 Å². The number of rotatable bonds is 6. The molecule has 1 aliphatic heterocycles. The molecule has 208 valence electrons. The molecule has 0 atom stereocenters. The Bertz CT molecular complexity index is 1480. The van der Waals surface area contributed by atoms with E-state index in [2.05, 4.69) is 4.98 Å². The number of hydrogen-bond donors (Lipinski definition) is 0. The first-order chi connectivity index (χ1) is 19.1. The van der Waals surface area contributed by atoms with Gasteiger partial charge in [0.15, 0.2) is 5.58 Å². The van der Waals surface area contributed by atoms with E-state index >= 15 is 0 Å². The Morgan fingerprint density at radius 2 is 1.55 bits per heavy atom. The summed E-state index contributed by atoms with van der Waals surface area (Å²) in [5, 5.41) is 0.649. The molecule has 2 amide bonds. The summed E-state index contributed by atoms with van der Waals surface area (Å²) < 4.78 is 17.3. The van der Waals surface area contributed by atoms with Crippen molar-refractivity contribution in [1.82, 2.24) is 14.8 Å². The third-order valence-corrected chi connectivity index (χ3v) is 6.77. The molecule has 1 fully saturated rings. The van der Waals surface area contributed by atoms with Crippen LogP contribution in [0.5, 0.6) is 11.5 Å². The molecular weight excluding hydrogens is 530 g/mol. The molecule has 1 saturated heterocycles. The molecule has 5 rings (SSSR count). The molecule has 3 aromatic carbocycles. The highest BCUT2D eigenvalue weighted by atomic mass is 35.5. The van der Waals surface area contributed by atoms with Crippen LogP contribution < -0.4 is 4.74 Å². The van der Waals surface area contributed by atoms with Crippen molar-refractivity contribution in [2.45, 2.75) is 39.2 Å². The Morgan fingerprint density at radius 3 is 2.23 bits per heavy atom. The molecule has 9 heteroatoms. The smallest absolute Gasteiger partial charge is 0.410 e. The fourth-order valence-corrected chi connectivity index (χ4v) is 4.54. The Morgan fingerprint density at radius 1 is 0.900 bits per heavy atom. The maximum absolute atomic E-state index is 12.8. The van der Waals surface area contributed by atoms with Crippen LogP contribution in [-0.4, -0.2) is 58.6 Å². The minimum atomic E-state index is -0.531. The van der Waals surface area contributed by atoms with Gasteiger partial charge in [-0.3, -0.25) is 4.79 Å². The Hall–Kier alpha value is -4.04. The van der Waals surface area contributed by atoms with Crippen molar-refractivity contribution in [2.24, 2.45) is 0 Å². The van der Waals surface area contributed by atoms with Gasteiger partial charge in [-0.2, -0.15) is 0 Å². The Kier molecular flexibility index (Phi) is 7.98. The van der Waals surface area contributed by atoms with Crippen molar-refractivity contribution < 1.29 is 23.5 Å². The molecule has 0 spiro atoms. The van der Waals surface area contributed by atoms with Crippen LogP contribution in [0.25, 0.3) is 22.6 Å². The number of nitrogens with zero attached hydrogens (tertiary/aromatic N) is 3. The first-order valence-corrected chi connectivity index (χ1v) is 13.7. The molecule has 40 heavy (non-hydrogen) atoms. The summed E-state index contributed by atoms with van der Waals surface area (Å²) in [7, 11) is 0. The zero-order valence-electron chi connectivity index (χ0n) is 22.9. The molecule has 0 bridgehead atoms. The molecule has 4 aromatic rings. The Balaban J connectivity index is 1.14. The predicted molar refractivity (Wildman–Crippen MR) is 154 cm³/mol. The van der Waals surface area contributed by atoms with Crippen molar-refractivity contribution in [2.75, 3.05) is 26.2 Å².